The van der Waals surface area contributed by atoms with Crippen molar-refractivity contribution in [3.05, 3.63) is 144 Å². The molecule has 1 atom stereocenters. The van der Waals surface area contributed by atoms with Gasteiger partial charge in [-0.25, -0.2) is 0 Å². The minimum absolute atomic E-state index is 0.249. The molecule has 2 nitrogen and oxygen atoms in total. The lowest BCUT2D eigenvalue weighted by Crippen LogP contribution is -2.43. The number of rotatable bonds is 6. The number of nitrogens with zero attached hydrogens (tertiary/aromatic N) is 1. The fourth-order valence-corrected chi connectivity index (χ4v) is 5.44. The van der Waals surface area contributed by atoms with Crippen molar-refractivity contribution in [2.24, 2.45) is 0 Å². The average Bonchev–Trinajstić information content (AvgIpc) is 2.91. The molecular formula is C33H31NO. The van der Waals surface area contributed by atoms with Crippen molar-refractivity contribution in [3.63, 3.8) is 0 Å². The van der Waals surface area contributed by atoms with Crippen LogP contribution in [0.3, 0.4) is 0 Å². The number of carbonyl (C=O) groups is 1. The predicted octanol–water partition coefficient (Wildman–Crippen LogP) is 7.95. The molecule has 0 aromatic heterocycles. The van der Waals surface area contributed by atoms with E-state index in [0.717, 1.165) is 41.8 Å². The van der Waals surface area contributed by atoms with Gasteiger partial charge in [-0.2, -0.15) is 0 Å². The van der Waals surface area contributed by atoms with Crippen LogP contribution < -0.4 is 4.90 Å². The Kier molecular flexibility index (Phi) is 6.63. The molecule has 5 rings (SSSR count). The molecule has 0 aliphatic heterocycles. The van der Waals surface area contributed by atoms with Crippen molar-refractivity contribution < 1.29 is 4.79 Å². The number of ketones is 1. The summed E-state index contributed by atoms with van der Waals surface area (Å²) in [6.45, 7) is 2.13. The average molecular weight is 458 g/mol. The number of aryl methyl sites for hydroxylation is 1. The first-order valence-electron chi connectivity index (χ1n) is 12.4. The molecule has 1 aliphatic rings. The minimum atomic E-state index is -0.560. The standard InChI is InChI=1S/C33H31NO/c1-26-14-11-12-22-31(26)33(24-27-15-5-2-6-16-27)23-13-17-28(32(33)35)25-34(29-18-7-3-8-19-29)30-20-9-4-10-21-30/h2-12,14-16,18-22,25H,13,17,23-24H2,1H3/b28-25+. The monoisotopic (exact) mass is 457 g/mol. The fraction of sp³-hybridized carbons (Fsp3) is 0.182. The number of benzene rings is 4. The molecule has 4 aromatic carbocycles. The van der Waals surface area contributed by atoms with Gasteiger partial charge in [-0.1, -0.05) is 91.0 Å². The Morgan fingerprint density at radius 1 is 0.743 bits per heavy atom. The number of hydrogen-bond acceptors (Lipinski definition) is 2. The van der Waals surface area contributed by atoms with Crippen LogP contribution in [0.1, 0.15) is 36.0 Å². The predicted molar refractivity (Wildman–Crippen MR) is 145 cm³/mol. The lowest BCUT2D eigenvalue weighted by atomic mass is 9.63. The van der Waals surface area contributed by atoms with Gasteiger partial charge in [0, 0.05) is 23.1 Å². The summed E-state index contributed by atoms with van der Waals surface area (Å²) in [5.41, 5.74) is 5.97. The van der Waals surface area contributed by atoms with Crippen LogP contribution in [0.4, 0.5) is 11.4 Å². The van der Waals surface area contributed by atoms with Gasteiger partial charge in [0.2, 0.25) is 0 Å². The Hall–Kier alpha value is -3.91. The van der Waals surface area contributed by atoms with Gasteiger partial charge in [0.15, 0.2) is 5.78 Å². The number of anilines is 2. The van der Waals surface area contributed by atoms with Crippen molar-refractivity contribution in [2.75, 3.05) is 4.90 Å². The third-order valence-corrected chi connectivity index (χ3v) is 7.14. The van der Waals surface area contributed by atoms with E-state index in [2.05, 4.69) is 90.8 Å². The SMILES string of the molecule is Cc1ccccc1C1(Cc2ccccc2)CCC/C(=C\N(c2ccccc2)c2ccccc2)C1=O. The van der Waals surface area contributed by atoms with Crippen LogP contribution in [-0.4, -0.2) is 5.78 Å². The lowest BCUT2D eigenvalue weighted by molar-refractivity contribution is -0.122. The Labute approximate surface area is 208 Å². The van der Waals surface area contributed by atoms with Gasteiger partial charge in [-0.3, -0.25) is 4.79 Å². The van der Waals surface area contributed by atoms with Gasteiger partial charge in [-0.15, -0.1) is 0 Å². The van der Waals surface area contributed by atoms with Gasteiger partial charge in [0.05, 0.1) is 5.41 Å². The van der Waals surface area contributed by atoms with E-state index in [0.29, 0.717) is 6.42 Å². The molecule has 0 N–H and O–H groups in total. The maximum Gasteiger partial charge on any atom is 0.171 e. The van der Waals surface area contributed by atoms with E-state index in [1.165, 1.54) is 11.1 Å². The smallest absolute Gasteiger partial charge is 0.171 e. The molecule has 0 spiro atoms. The molecule has 1 aliphatic carbocycles. The van der Waals surface area contributed by atoms with Crippen LogP contribution in [-0.2, 0) is 16.6 Å². The fourth-order valence-electron chi connectivity index (χ4n) is 5.44. The van der Waals surface area contributed by atoms with Crippen LogP contribution in [0.15, 0.2) is 127 Å². The number of hydrogen-bond donors (Lipinski definition) is 0. The summed E-state index contributed by atoms with van der Waals surface area (Å²) in [6, 6.07) is 39.5. The van der Waals surface area contributed by atoms with Crippen LogP contribution in [0, 0.1) is 6.92 Å². The van der Waals surface area contributed by atoms with Crippen molar-refractivity contribution in [1.29, 1.82) is 0 Å². The second-order valence-electron chi connectivity index (χ2n) is 9.44. The molecule has 1 unspecified atom stereocenters. The molecule has 1 saturated carbocycles. The molecule has 0 amide bonds. The highest BCUT2D eigenvalue weighted by atomic mass is 16.1. The van der Waals surface area contributed by atoms with Crippen LogP contribution in [0.2, 0.25) is 0 Å². The zero-order valence-corrected chi connectivity index (χ0v) is 20.2. The topological polar surface area (TPSA) is 20.3 Å². The number of allylic oxidation sites excluding steroid dienone is 1. The second-order valence-corrected chi connectivity index (χ2v) is 9.44. The van der Waals surface area contributed by atoms with E-state index < -0.39 is 5.41 Å². The van der Waals surface area contributed by atoms with Gasteiger partial charge in [0.1, 0.15) is 0 Å². The Bertz CT molecular complexity index is 1270. The third kappa shape index (κ3) is 4.70. The molecule has 0 saturated heterocycles. The molecule has 174 valence electrons. The van der Waals surface area contributed by atoms with Gasteiger partial charge < -0.3 is 4.90 Å². The highest BCUT2D eigenvalue weighted by molar-refractivity contribution is 6.05. The first-order valence-corrected chi connectivity index (χ1v) is 12.4. The molecule has 2 heteroatoms. The zero-order valence-electron chi connectivity index (χ0n) is 20.2. The van der Waals surface area contributed by atoms with Crippen LogP contribution in [0.25, 0.3) is 0 Å². The zero-order chi connectivity index (χ0) is 24.1. The highest BCUT2D eigenvalue weighted by Gasteiger charge is 2.44. The van der Waals surface area contributed by atoms with Crippen molar-refractivity contribution in [3.8, 4) is 0 Å². The summed E-state index contributed by atoms with van der Waals surface area (Å²) < 4.78 is 0. The maximum absolute atomic E-state index is 14.5. The van der Waals surface area contributed by atoms with Gasteiger partial charge >= 0.3 is 0 Å². The van der Waals surface area contributed by atoms with E-state index in [1.54, 1.807) is 0 Å². The Morgan fingerprint density at radius 2 is 1.29 bits per heavy atom. The van der Waals surface area contributed by atoms with Crippen molar-refractivity contribution >= 4 is 17.2 Å². The molecule has 4 aromatic rings. The maximum atomic E-state index is 14.5. The quantitative estimate of drug-likeness (QED) is 0.274. The van der Waals surface area contributed by atoms with E-state index in [-0.39, 0.29) is 5.78 Å². The number of para-hydroxylation sites is 2. The third-order valence-electron chi connectivity index (χ3n) is 7.14. The summed E-state index contributed by atoms with van der Waals surface area (Å²) in [5.74, 6) is 0.249. The summed E-state index contributed by atoms with van der Waals surface area (Å²) in [6.07, 6.45) is 5.43. The van der Waals surface area contributed by atoms with E-state index in [4.69, 9.17) is 0 Å². The molecule has 0 heterocycles. The number of Topliss-reactive ketones (excluding diaryl/α,β-unsaturated/α-hetero) is 1. The molecular weight excluding hydrogens is 426 g/mol. The molecule has 0 radical (unpaired) electrons. The Balaban J connectivity index is 1.62. The molecule has 35 heavy (non-hydrogen) atoms. The van der Waals surface area contributed by atoms with Crippen LogP contribution in [0.5, 0.6) is 0 Å². The normalized spacial score (nSPS) is 19.0. The summed E-state index contributed by atoms with van der Waals surface area (Å²) in [4.78, 5) is 16.7. The summed E-state index contributed by atoms with van der Waals surface area (Å²) in [7, 11) is 0. The first kappa shape index (κ1) is 22.9. The van der Waals surface area contributed by atoms with Gasteiger partial charge in [0.25, 0.3) is 0 Å². The van der Waals surface area contributed by atoms with E-state index in [1.807, 2.05) is 42.5 Å². The molecule has 0 bridgehead atoms. The van der Waals surface area contributed by atoms with Crippen molar-refractivity contribution in [1.82, 2.24) is 0 Å². The van der Waals surface area contributed by atoms with Crippen LogP contribution >= 0.6 is 0 Å². The highest BCUT2D eigenvalue weighted by Crippen LogP contribution is 2.43. The minimum Gasteiger partial charge on any atom is -0.317 e. The number of carbonyl (C=O) groups excluding carboxylic acids is 1. The largest absolute Gasteiger partial charge is 0.317 e. The van der Waals surface area contributed by atoms with Gasteiger partial charge in [-0.05, 0) is 73.6 Å². The lowest BCUT2D eigenvalue weighted by Gasteiger charge is -2.39. The Morgan fingerprint density at radius 3 is 1.89 bits per heavy atom. The van der Waals surface area contributed by atoms with E-state index >= 15 is 0 Å². The van der Waals surface area contributed by atoms with Crippen molar-refractivity contribution in [2.45, 2.75) is 38.0 Å². The molecule has 1 fully saturated rings. The first-order chi connectivity index (χ1) is 17.2. The summed E-state index contributed by atoms with van der Waals surface area (Å²) >= 11 is 0. The summed E-state index contributed by atoms with van der Waals surface area (Å²) in [5, 5.41) is 0. The van der Waals surface area contributed by atoms with E-state index in [9.17, 15) is 4.79 Å². The second kappa shape index (κ2) is 10.1.